The number of benzene rings is 1. The van der Waals surface area contributed by atoms with E-state index in [2.05, 4.69) is 0 Å². The summed E-state index contributed by atoms with van der Waals surface area (Å²) in [6.45, 7) is -0.189. The zero-order chi connectivity index (χ0) is 14.2. The Balaban J connectivity index is 2.38. The summed E-state index contributed by atoms with van der Waals surface area (Å²) in [5, 5.41) is 18.5. The molecule has 1 aromatic carbocycles. The molecule has 0 saturated carbocycles. The third kappa shape index (κ3) is 2.91. The van der Waals surface area contributed by atoms with Crippen LogP contribution in [-0.2, 0) is 14.8 Å². The monoisotopic (exact) mass is 397 g/mol. The quantitative estimate of drug-likeness (QED) is 0.725. The van der Waals surface area contributed by atoms with Crippen LogP contribution in [-0.4, -0.2) is 47.6 Å². The first-order valence-corrected chi connectivity index (χ1v) is 8.02. The molecular weight excluding hydrogens is 385 g/mol. The van der Waals surface area contributed by atoms with Crippen LogP contribution in [0, 0.1) is 3.57 Å². The number of halogens is 1. The van der Waals surface area contributed by atoms with Crippen molar-refractivity contribution in [3.63, 3.8) is 0 Å². The molecule has 1 fully saturated rings. The zero-order valence-electron chi connectivity index (χ0n) is 9.73. The highest BCUT2D eigenvalue weighted by Crippen LogP contribution is 2.26. The van der Waals surface area contributed by atoms with Crippen LogP contribution in [0.3, 0.4) is 0 Å². The number of carboxylic acids is 1. The van der Waals surface area contributed by atoms with Crippen LogP contribution in [0.4, 0.5) is 0 Å². The number of hydrogen-bond donors (Lipinski definition) is 2. The molecule has 1 heterocycles. The lowest BCUT2D eigenvalue weighted by molar-refractivity contribution is -0.140. The van der Waals surface area contributed by atoms with Crippen LogP contribution in [0.2, 0.25) is 0 Å². The summed E-state index contributed by atoms with van der Waals surface area (Å²) in [6, 6.07) is 4.92. The van der Waals surface area contributed by atoms with E-state index in [4.69, 9.17) is 5.11 Å². The summed E-state index contributed by atoms with van der Waals surface area (Å²) in [6.07, 6.45) is -1.03. The topological polar surface area (TPSA) is 94.9 Å². The van der Waals surface area contributed by atoms with E-state index in [1.165, 1.54) is 12.1 Å². The minimum atomic E-state index is -3.89. The molecule has 1 aliphatic heterocycles. The van der Waals surface area contributed by atoms with Gasteiger partial charge >= 0.3 is 5.97 Å². The van der Waals surface area contributed by atoms with Crippen LogP contribution in [0.25, 0.3) is 0 Å². The maximum atomic E-state index is 12.4. The van der Waals surface area contributed by atoms with Crippen molar-refractivity contribution in [2.24, 2.45) is 0 Å². The van der Waals surface area contributed by atoms with Gasteiger partial charge in [-0.3, -0.25) is 4.79 Å². The highest BCUT2D eigenvalue weighted by molar-refractivity contribution is 14.1. The highest BCUT2D eigenvalue weighted by atomic mass is 127. The highest BCUT2D eigenvalue weighted by Gasteiger charge is 2.43. The van der Waals surface area contributed by atoms with Gasteiger partial charge in [-0.1, -0.05) is 0 Å². The van der Waals surface area contributed by atoms with Crippen molar-refractivity contribution in [3.8, 4) is 0 Å². The summed E-state index contributed by atoms with van der Waals surface area (Å²) in [4.78, 5) is 11.1. The molecule has 0 aliphatic carbocycles. The molecule has 0 amide bonds. The van der Waals surface area contributed by atoms with Crippen LogP contribution in [0.15, 0.2) is 29.2 Å². The number of rotatable bonds is 3. The van der Waals surface area contributed by atoms with Crippen molar-refractivity contribution in [1.29, 1.82) is 0 Å². The second-order valence-corrected chi connectivity index (χ2v) is 7.41. The fourth-order valence-electron chi connectivity index (χ4n) is 2.02. The Morgan fingerprint density at radius 1 is 1.32 bits per heavy atom. The molecule has 1 aliphatic rings. The van der Waals surface area contributed by atoms with Crippen molar-refractivity contribution in [1.82, 2.24) is 4.31 Å². The molecule has 1 saturated heterocycles. The van der Waals surface area contributed by atoms with Crippen LogP contribution in [0.5, 0.6) is 0 Å². The summed E-state index contributed by atoms with van der Waals surface area (Å²) in [5.41, 5.74) is 0. The predicted octanol–water partition coefficient (Wildman–Crippen LogP) is 0.500. The molecular formula is C11H12INO5S. The van der Waals surface area contributed by atoms with Gasteiger partial charge in [0.15, 0.2) is 0 Å². The van der Waals surface area contributed by atoms with Gasteiger partial charge in [-0.15, -0.1) is 0 Å². The van der Waals surface area contributed by atoms with Crippen molar-refractivity contribution < 1.29 is 23.4 Å². The van der Waals surface area contributed by atoms with E-state index < -0.39 is 28.1 Å². The lowest BCUT2D eigenvalue weighted by Gasteiger charge is -2.20. The molecule has 19 heavy (non-hydrogen) atoms. The summed E-state index contributed by atoms with van der Waals surface area (Å²) in [7, 11) is -3.89. The fourth-order valence-corrected chi connectivity index (χ4v) is 4.01. The van der Waals surface area contributed by atoms with E-state index in [0.717, 1.165) is 7.88 Å². The first-order chi connectivity index (χ1) is 8.82. The molecule has 8 heteroatoms. The van der Waals surface area contributed by atoms with Gasteiger partial charge in [0.25, 0.3) is 0 Å². The van der Waals surface area contributed by atoms with Crippen molar-refractivity contribution in [2.75, 3.05) is 6.54 Å². The largest absolute Gasteiger partial charge is 0.480 e. The fraction of sp³-hybridized carbons (Fsp3) is 0.364. The van der Waals surface area contributed by atoms with E-state index in [9.17, 15) is 18.3 Å². The maximum Gasteiger partial charge on any atom is 0.322 e. The standard InChI is InChI=1S/C11H12INO5S/c12-7-1-3-9(4-2-7)19(17,18)13-6-8(14)5-10(13)11(15)16/h1-4,8,10,14H,5-6H2,(H,15,16)/t8-,10-/m0/s1. The number of nitrogens with zero attached hydrogens (tertiary/aromatic N) is 1. The summed E-state index contributed by atoms with van der Waals surface area (Å²) < 4.78 is 26.4. The number of sulfonamides is 1. The summed E-state index contributed by atoms with van der Waals surface area (Å²) in [5.74, 6) is -1.24. The Labute approximate surface area is 124 Å². The molecule has 0 aromatic heterocycles. The average Bonchev–Trinajstić information content (AvgIpc) is 2.73. The Bertz CT molecular complexity index is 586. The van der Waals surface area contributed by atoms with Gasteiger partial charge in [-0.2, -0.15) is 4.31 Å². The second-order valence-electron chi connectivity index (χ2n) is 4.27. The smallest absolute Gasteiger partial charge is 0.322 e. The molecule has 0 bridgehead atoms. The van der Waals surface area contributed by atoms with Crippen LogP contribution >= 0.6 is 22.6 Å². The SMILES string of the molecule is O=C(O)[C@@H]1C[C@H](O)CN1S(=O)(=O)c1ccc(I)cc1. The van der Waals surface area contributed by atoms with Crippen molar-refractivity contribution >= 4 is 38.6 Å². The first-order valence-electron chi connectivity index (χ1n) is 5.50. The molecule has 6 nitrogen and oxygen atoms in total. The van der Waals surface area contributed by atoms with Crippen LogP contribution < -0.4 is 0 Å². The third-order valence-corrected chi connectivity index (χ3v) is 5.55. The Morgan fingerprint density at radius 2 is 1.89 bits per heavy atom. The zero-order valence-corrected chi connectivity index (χ0v) is 12.7. The number of carbonyl (C=O) groups is 1. The second kappa shape index (κ2) is 5.35. The number of aliphatic carboxylic acids is 1. The van der Waals surface area contributed by atoms with E-state index in [1.807, 2.05) is 22.6 Å². The molecule has 0 unspecified atom stereocenters. The van der Waals surface area contributed by atoms with Gasteiger partial charge in [0, 0.05) is 16.5 Å². The average molecular weight is 397 g/mol. The van der Waals surface area contributed by atoms with Gasteiger partial charge in [-0.25, -0.2) is 8.42 Å². The molecule has 104 valence electrons. The Kier molecular flexibility index (Phi) is 4.14. The van der Waals surface area contributed by atoms with Gasteiger partial charge in [0.2, 0.25) is 10.0 Å². The number of β-amino-alcohol motifs (C(OH)–C–C–N with tert-alkyl or cyclic N) is 1. The van der Waals surface area contributed by atoms with E-state index >= 15 is 0 Å². The lowest BCUT2D eigenvalue weighted by Crippen LogP contribution is -2.40. The number of hydrogen-bond acceptors (Lipinski definition) is 4. The van der Waals surface area contributed by atoms with E-state index in [0.29, 0.717) is 0 Å². The molecule has 2 atom stereocenters. The predicted molar refractivity (Wildman–Crippen MR) is 75.1 cm³/mol. The summed E-state index contributed by atoms with van der Waals surface area (Å²) >= 11 is 2.05. The van der Waals surface area contributed by atoms with E-state index in [-0.39, 0.29) is 17.9 Å². The molecule has 0 spiro atoms. The van der Waals surface area contributed by atoms with Crippen molar-refractivity contribution in [3.05, 3.63) is 27.8 Å². The van der Waals surface area contributed by atoms with E-state index in [1.54, 1.807) is 12.1 Å². The van der Waals surface area contributed by atoms with Gasteiger partial charge in [0.1, 0.15) is 6.04 Å². The number of aliphatic hydroxyl groups excluding tert-OH is 1. The van der Waals surface area contributed by atoms with Gasteiger partial charge in [0.05, 0.1) is 11.0 Å². The Morgan fingerprint density at radius 3 is 2.42 bits per heavy atom. The minimum Gasteiger partial charge on any atom is -0.480 e. The first kappa shape index (κ1) is 14.7. The Hall–Kier alpha value is -0.710. The van der Waals surface area contributed by atoms with Gasteiger partial charge in [-0.05, 0) is 46.9 Å². The lowest BCUT2D eigenvalue weighted by atomic mass is 10.2. The van der Waals surface area contributed by atoms with Gasteiger partial charge < -0.3 is 10.2 Å². The normalized spacial score (nSPS) is 24.5. The molecule has 2 rings (SSSR count). The minimum absolute atomic E-state index is 0.0354. The number of aliphatic hydroxyl groups is 1. The molecule has 0 radical (unpaired) electrons. The maximum absolute atomic E-state index is 12.4. The van der Waals surface area contributed by atoms with Crippen LogP contribution in [0.1, 0.15) is 6.42 Å². The molecule has 1 aromatic rings. The third-order valence-electron chi connectivity index (χ3n) is 2.94. The number of carboxylic acid groups (broad SMARTS) is 1. The van der Waals surface area contributed by atoms with Crippen molar-refractivity contribution in [2.45, 2.75) is 23.5 Å². The molecule has 2 N–H and O–H groups in total.